The first-order chi connectivity index (χ1) is 8.23. The Labute approximate surface area is 100 Å². The summed E-state index contributed by atoms with van der Waals surface area (Å²) in [6, 6.07) is 7.82. The van der Waals surface area contributed by atoms with Gasteiger partial charge in [0.1, 0.15) is 11.2 Å². The fraction of sp³-hybridized carbons (Fsp3) is 0.357. The second-order valence-corrected chi connectivity index (χ2v) is 4.68. The molecule has 17 heavy (non-hydrogen) atoms. The van der Waals surface area contributed by atoms with Gasteiger partial charge in [-0.15, -0.1) is 0 Å². The van der Waals surface area contributed by atoms with Crippen LogP contribution in [0.25, 0.3) is 0 Å². The number of anilines is 1. The molecule has 3 nitrogen and oxygen atoms in total. The number of carbonyl (C=O) groups is 1. The molecule has 3 heteroatoms. The normalized spacial score (nSPS) is 26.9. The predicted octanol–water partition coefficient (Wildman–Crippen LogP) is 2.59. The SMILES string of the molecule is CC1(C2=CCCCO2)C(=O)Nc2ccccc21. The lowest BCUT2D eigenvalue weighted by Crippen LogP contribution is -2.35. The van der Waals surface area contributed by atoms with E-state index in [9.17, 15) is 4.79 Å². The van der Waals surface area contributed by atoms with Gasteiger partial charge in [-0.25, -0.2) is 0 Å². The summed E-state index contributed by atoms with van der Waals surface area (Å²) < 4.78 is 5.69. The fourth-order valence-corrected chi connectivity index (χ4v) is 2.55. The third-order valence-electron chi connectivity index (χ3n) is 3.60. The highest BCUT2D eigenvalue weighted by atomic mass is 16.5. The van der Waals surface area contributed by atoms with Crippen LogP contribution >= 0.6 is 0 Å². The summed E-state index contributed by atoms with van der Waals surface area (Å²) in [6.07, 6.45) is 4.06. The van der Waals surface area contributed by atoms with E-state index in [1.165, 1.54) is 0 Å². The predicted molar refractivity (Wildman–Crippen MR) is 65.7 cm³/mol. The molecule has 0 saturated carbocycles. The van der Waals surface area contributed by atoms with Crippen LogP contribution in [0, 0.1) is 0 Å². The molecule has 1 amide bonds. The lowest BCUT2D eigenvalue weighted by atomic mass is 9.81. The Hall–Kier alpha value is -1.77. The van der Waals surface area contributed by atoms with E-state index in [2.05, 4.69) is 5.32 Å². The molecule has 0 fully saturated rings. The zero-order chi connectivity index (χ0) is 11.9. The molecule has 1 aromatic rings. The molecule has 3 rings (SSSR count). The Morgan fingerprint density at radius 2 is 2.18 bits per heavy atom. The van der Waals surface area contributed by atoms with Gasteiger partial charge in [0.15, 0.2) is 0 Å². The molecule has 1 aromatic carbocycles. The fourth-order valence-electron chi connectivity index (χ4n) is 2.55. The van der Waals surface area contributed by atoms with Gasteiger partial charge in [-0.05, 0) is 37.5 Å². The Bertz CT molecular complexity index is 507. The van der Waals surface area contributed by atoms with Crippen molar-refractivity contribution >= 4 is 11.6 Å². The minimum absolute atomic E-state index is 0.00634. The van der Waals surface area contributed by atoms with E-state index < -0.39 is 5.41 Å². The van der Waals surface area contributed by atoms with Crippen LogP contribution in [0.3, 0.4) is 0 Å². The van der Waals surface area contributed by atoms with Crippen molar-refractivity contribution in [1.82, 2.24) is 0 Å². The molecule has 1 N–H and O–H groups in total. The van der Waals surface area contributed by atoms with Crippen LogP contribution in [0.1, 0.15) is 25.3 Å². The van der Waals surface area contributed by atoms with Gasteiger partial charge >= 0.3 is 0 Å². The first-order valence-corrected chi connectivity index (χ1v) is 5.97. The lowest BCUT2D eigenvalue weighted by Gasteiger charge is -2.28. The number of carbonyl (C=O) groups excluding carboxylic acids is 1. The van der Waals surface area contributed by atoms with Gasteiger partial charge in [0.2, 0.25) is 5.91 Å². The van der Waals surface area contributed by atoms with Gasteiger partial charge in [0.05, 0.1) is 6.61 Å². The molecule has 2 aliphatic heterocycles. The topological polar surface area (TPSA) is 38.3 Å². The van der Waals surface area contributed by atoms with Crippen molar-refractivity contribution in [2.24, 2.45) is 0 Å². The number of ether oxygens (including phenoxy) is 1. The Kier molecular flexibility index (Phi) is 2.21. The van der Waals surface area contributed by atoms with E-state index in [1.807, 2.05) is 37.3 Å². The van der Waals surface area contributed by atoms with Crippen LogP contribution in [0.2, 0.25) is 0 Å². The van der Waals surface area contributed by atoms with Gasteiger partial charge in [0.25, 0.3) is 0 Å². The van der Waals surface area contributed by atoms with Crippen LogP contribution in [0.5, 0.6) is 0 Å². The van der Waals surface area contributed by atoms with Crippen molar-refractivity contribution in [1.29, 1.82) is 0 Å². The Balaban J connectivity index is 2.12. The third-order valence-corrected chi connectivity index (χ3v) is 3.60. The van der Waals surface area contributed by atoms with Gasteiger partial charge < -0.3 is 10.1 Å². The monoisotopic (exact) mass is 229 g/mol. The first-order valence-electron chi connectivity index (χ1n) is 5.97. The molecule has 0 spiro atoms. The molecule has 2 heterocycles. The van der Waals surface area contributed by atoms with Crippen molar-refractivity contribution in [2.45, 2.75) is 25.2 Å². The first kappa shape index (κ1) is 10.4. The third kappa shape index (κ3) is 1.38. The van der Waals surface area contributed by atoms with Crippen molar-refractivity contribution < 1.29 is 9.53 Å². The van der Waals surface area contributed by atoms with Crippen LogP contribution < -0.4 is 5.32 Å². The molecule has 2 aliphatic rings. The number of hydrogen-bond acceptors (Lipinski definition) is 2. The standard InChI is InChI=1S/C14H15NO2/c1-14(12-8-4-5-9-17-12)10-6-2-3-7-11(10)15-13(14)16/h2-3,6-8H,4-5,9H2,1H3,(H,15,16). The smallest absolute Gasteiger partial charge is 0.242 e. The zero-order valence-corrected chi connectivity index (χ0v) is 9.82. The highest BCUT2D eigenvalue weighted by Gasteiger charge is 2.47. The van der Waals surface area contributed by atoms with Gasteiger partial charge in [0, 0.05) is 5.69 Å². The molecular weight excluding hydrogens is 214 g/mol. The molecule has 0 bridgehead atoms. The number of allylic oxidation sites excluding steroid dienone is 1. The summed E-state index contributed by atoms with van der Waals surface area (Å²) >= 11 is 0. The second-order valence-electron chi connectivity index (χ2n) is 4.68. The Morgan fingerprint density at radius 3 is 2.94 bits per heavy atom. The second kappa shape index (κ2) is 3.62. The Morgan fingerprint density at radius 1 is 1.35 bits per heavy atom. The van der Waals surface area contributed by atoms with Crippen molar-refractivity contribution in [2.75, 3.05) is 11.9 Å². The van der Waals surface area contributed by atoms with Crippen LogP contribution in [-0.4, -0.2) is 12.5 Å². The van der Waals surface area contributed by atoms with Crippen molar-refractivity contribution in [3.63, 3.8) is 0 Å². The minimum Gasteiger partial charge on any atom is -0.497 e. The number of amides is 1. The maximum absolute atomic E-state index is 12.2. The van der Waals surface area contributed by atoms with Gasteiger partial charge in [-0.1, -0.05) is 18.2 Å². The van der Waals surface area contributed by atoms with Crippen LogP contribution in [-0.2, 0) is 14.9 Å². The van der Waals surface area contributed by atoms with E-state index in [-0.39, 0.29) is 5.91 Å². The maximum Gasteiger partial charge on any atom is 0.242 e. The number of nitrogens with one attached hydrogen (secondary N) is 1. The molecule has 0 radical (unpaired) electrons. The summed E-state index contributed by atoms with van der Waals surface area (Å²) in [7, 11) is 0. The van der Waals surface area contributed by atoms with Crippen molar-refractivity contribution in [3.8, 4) is 0 Å². The number of fused-ring (bicyclic) bond motifs is 1. The number of para-hydroxylation sites is 1. The van der Waals surface area contributed by atoms with E-state index in [4.69, 9.17) is 4.74 Å². The molecular formula is C14H15NO2. The summed E-state index contributed by atoms with van der Waals surface area (Å²) in [5, 5.41) is 2.93. The highest BCUT2D eigenvalue weighted by Crippen LogP contribution is 2.43. The lowest BCUT2D eigenvalue weighted by molar-refractivity contribution is -0.120. The average molecular weight is 229 g/mol. The summed E-state index contributed by atoms with van der Waals surface area (Å²) in [6.45, 7) is 2.64. The van der Waals surface area contributed by atoms with E-state index in [1.54, 1.807) is 0 Å². The number of benzene rings is 1. The minimum atomic E-state index is -0.656. The molecule has 0 aromatic heterocycles. The number of rotatable bonds is 1. The zero-order valence-electron chi connectivity index (χ0n) is 9.82. The van der Waals surface area contributed by atoms with Crippen molar-refractivity contribution in [3.05, 3.63) is 41.7 Å². The van der Waals surface area contributed by atoms with E-state index >= 15 is 0 Å². The molecule has 1 unspecified atom stereocenters. The highest BCUT2D eigenvalue weighted by molar-refractivity contribution is 6.07. The molecule has 1 atom stereocenters. The maximum atomic E-state index is 12.2. The summed E-state index contributed by atoms with van der Waals surface area (Å²) in [5.41, 5.74) is 1.25. The van der Waals surface area contributed by atoms with Crippen LogP contribution in [0.4, 0.5) is 5.69 Å². The summed E-state index contributed by atoms with van der Waals surface area (Å²) in [4.78, 5) is 12.2. The number of hydrogen-bond donors (Lipinski definition) is 1. The largest absolute Gasteiger partial charge is 0.497 e. The average Bonchev–Trinajstić information content (AvgIpc) is 2.64. The van der Waals surface area contributed by atoms with Gasteiger partial charge in [-0.2, -0.15) is 0 Å². The molecule has 88 valence electrons. The molecule has 0 aliphatic carbocycles. The van der Waals surface area contributed by atoms with E-state index in [0.29, 0.717) is 6.61 Å². The summed E-state index contributed by atoms with van der Waals surface area (Å²) in [5.74, 6) is 0.804. The molecule has 0 saturated heterocycles. The quantitative estimate of drug-likeness (QED) is 0.803. The van der Waals surface area contributed by atoms with Gasteiger partial charge in [-0.3, -0.25) is 4.79 Å². The van der Waals surface area contributed by atoms with Crippen LogP contribution in [0.15, 0.2) is 36.1 Å². The van der Waals surface area contributed by atoms with E-state index in [0.717, 1.165) is 29.9 Å².